The lowest BCUT2D eigenvalue weighted by molar-refractivity contribution is -0.122. The predicted octanol–water partition coefficient (Wildman–Crippen LogP) is 1.02. The van der Waals surface area contributed by atoms with Crippen LogP contribution in [0.25, 0.3) is 0 Å². The second-order valence-corrected chi connectivity index (χ2v) is 4.92. The number of rotatable bonds is 6. The SMILES string of the molecule is Cc1cc(C)n(CCC(=O)NC(C)C(C)CO)n1. The fraction of sp³-hybridized carbons (Fsp3) is 0.692. The highest BCUT2D eigenvalue weighted by Crippen LogP contribution is 2.04. The van der Waals surface area contributed by atoms with Crippen molar-refractivity contribution < 1.29 is 9.90 Å². The van der Waals surface area contributed by atoms with E-state index in [4.69, 9.17) is 5.11 Å². The van der Waals surface area contributed by atoms with Gasteiger partial charge in [0.1, 0.15) is 0 Å². The lowest BCUT2D eigenvalue weighted by atomic mass is 10.1. The maximum absolute atomic E-state index is 11.7. The van der Waals surface area contributed by atoms with Gasteiger partial charge in [0, 0.05) is 31.3 Å². The average molecular weight is 253 g/mol. The number of hydrogen-bond donors (Lipinski definition) is 2. The molecule has 2 atom stereocenters. The van der Waals surface area contributed by atoms with Crippen molar-refractivity contribution in [1.82, 2.24) is 15.1 Å². The van der Waals surface area contributed by atoms with Crippen LogP contribution in [0.1, 0.15) is 31.7 Å². The van der Waals surface area contributed by atoms with Gasteiger partial charge in [-0.25, -0.2) is 0 Å². The quantitative estimate of drug-likeness (QED) is 0.795. The maximum atomic E-state index is 11.7. The van der Waals surface area contributed by atoms with Gasteiger partial charge in [0.05, 0.1) is 5.69 Å². The van der Waals surface area contributed by atoms with Crippen LogP contribution in [0, 0.1) is 19.8 Å². The van der Waals surface area contributed by atoms with Crippen LogP contribution in [0.5, 0.6) is 0 Å². The summed E-state index contributed by atoms with van der Waals surface area (Å²) in [5.74, 6) is 0.0676. The van der Waals surface area contributed by atoms with E-state index in [9.17, 15) is 4.79 Å². The van der Waals surface area contributed by atoms with Gasteiger partial charge in [-0.15, -0.1) is 0 Å². The van der Waals surface area contributed by atoms with Crippen molar-refractivity contribution in [3.8, 4) is 0 Å². The third-order valence-electron chi connectivity index (χ3n) is 3.18. The van der Waals surface area contributed by atoms with E-state index in [-0.39, 0.29) is 24.5 Å². The first-order valence-electron chi connectivity index (χ1n) is 6.35. The topological polar surface area (TPSA) is 67.2 Å². The van der Waals surface area contributed by atoms with Gasteiger partial charge in [-0.05, 0) is 32.8 Å². The van der Waals surface area contributed by atoms with E-state index in [0.717, 1.165) is 11.4 Å². The molecule has 2 unspecified atom stereocenters. The van der Waals surface area contributed by atoms with E-state index < -0.39 is 0 Å². The van der Waals surface area contributed by atoms with Crippen molar-refractivity contribution in [3.63, 3.8) is 0 Å². The molecule has 1 aromatic rings. The molecule has 18 heavy (non-hydrogen) atoms. The lowest BCUT2D eigenvalue weighted by Crippen LogP contribution is -2.38. The van der Waals surface area contributed by atoms with Gasteiger partial charge in [-0.3, -0.25) is 9.48 Å². The molecular formula is C13H23N3O2. The minimum absolute atomic E-state index is 0.00430. The molecule has 102 valence electrons. The Morgan fingerprint density at radius 3 is 2.67 bits per heavy atom. The first-order chi connectivity index (χ1) is 8.43. The van der Waals surface area contributed by atoms with Crippen molar-refractivity contribution in [3.05, 3.63) is 17.5 Å². The third-order valence-corrected chi connectivity index (χ3v) is 3.18. The summed E-state index contributed by atoms with van der Waals surface area (Å²) in [6, 6.07) is 1.98. The molecule has 1 amide bonds. The summed E-state index contributed by atoms with van der Waals surface area (Å²) in [6.07, 6.45) is 0.407. The minimum atomic E-state index is -0.0112. The van der Waals surface area contributed by atoms with Gasteiger partial charge in [-0.2, -0.15) is 5.10 Å². The van der Waals surface area contributed by atoms with Crippen molar-refractivity contribution in [1.29, 1.82) is 0 Å². The van der Waals surface area contributed by atoms with Gasteiger partial charge in [-0.1, -0.05) is 6.92 Å². The zero-order chi connectivity index (χ0) is 13.7. The Balaban J connectivity index is 2.40. The molecule has 0 saturated heterocycles. The van der Waals surface area contributed by atoms with E-state index in [0.29, 0.717) is 13.0 Å². The molecule has 0 aromatic carbocycles. The molecule has 0 radical (unpaired) electrons. The summed E-state index contributed by atoms with van der Waals surface area (Å²) in [5, 5.41) is 16.2. The fourth-order valence-corrected chi connectivity index (χ4v) is 1.74. The van der Waals surface area contributed by atoms with E-state index in [1.165, 1.54) is 0 Å². The molecule has 0 fully saturated rings. The molecule has 0 saturated carbocycles. The average Bonchev–Trinajstić information content (AvgIpc) is 2.64. The van der Waals surface area contributed by atoms with Gasteiger partial charge in [0.2, 0.25) is 5.91 Å². The van der Waals surface area contributed by atoms with Gasteiger partial charge in [0.25, 0.3) is 0 Å². The maximum Gasteiger partial charge on any atom is 0.222 e. The number of carbonyl (C=O) groups is 1. The number of nitrogens with zero attached hydrogens (tertiary/aromatic N) is 2. The summed E-state index contributed by atoms with van der Waals surface area (Å²) in [7, 11) is 0. The molecule has 1 aromatic heterocycles. The number of aryl methyl sites for hydroxylation is 3. The molecule has 0 aliphatic rings. The molecule has 0 bridgehead atoms. The monoisotopic (exact) mass is 253 g/mol. The minimum Gasteiger partial charge on any atom is -0.396 e. The van der Waals surface area contributed by atoms with Crippen LogP contribution < -0.4 is 5.32 Å². The van der Waals surface area contributed by atoms with Crippen LogP contribution >= 0.6 is 0 Å². The Bertz CT molecular complexity index is 401. The zero-order valence-corrected chi connectivity index (χ0v) is 11.6. The highest BCUT2D eigenvalue weighted by molar-refractivity contribution is 5.76. The van der Waals surface area contributed by atoms with Crippen molar-refractivity contribution >= 4 is 5.91 Å². The van der Waals surface area contributed by atoms with Crippen LogP contribution in [-0.4, -0.2) is 33.4 Å². The van der Waals surface area contributed by atoms with E-state index in [2.05, 4.69) is 10.4 Å². The number of aliphatic hydroxyl groups is 1. The predicted molar refractivity (Wildman–Crippen MR) is 70.2 cm³/mol. The molecule has 1 rings (SSSR count). The first kappa shape index (κ1) is 14.7. The summed E-state index contributed by atoms with van der Waals surface area (Å²) >= 11 is 0. The third kappa shape index (κ3) is 4.14. The molecule has 5 nitrogen and oxygen atoms in total. The van der Waals surface area contributed by atoms with Gasteiger partial charge >= 0.3 is 0 Å². The number of nitrogens with one attached hydrogen (secondary N) is 1. The molecule has 2 N–H and O–H groups in total. The molecular weight excluding hydrogens is 230 g/mol. The van der Waals surface area contributed by atoms with Crippen LogP contribution in [0.4, 0.5) is 0 Å². The van der Waals surface area contributed by atoms with Gasteiger partial charge in [0.15, 0.2) is 0 Å². The smallest absolute Gasteiger partial charge is 0.222 e. The zero-order valence-electron chi connectivity index (χ0n) is 11.6. The summed E-state index contributed by atoms with van der Waals surface area (Å²) in [6.45, 7) is 8.40. The number of aliphatic hydroxyl groups excluding tert-OH is 1. The molecule has 0 spiro atoms. The Hall–Kier alpha value is -1.36. The first-order valence-corrected chi connectivity index (χ1v) is 6.35. The van der Waals surface area contributed by atoms with Crippen LogP contribution in [-0.2, 0) is 11.3 Å². The Kier molecular flexibility index (Phi) is 5.34. The van der Waals surface area contributed by atoms with Crippen molar-refractivity contribution in [2.45, 2.75) is 46.7 Å². The van der Waals surface area contributed by atoms with Crippen LogP contribution in [0.15, 0.2) is 6.07 Å². The van der Waals surface area contributed by atoms with Gasteiger partial charge < -0.3 is 10.4 Å². The molecule has 1 heterocycles. The Morgan fingerprint density at radius 1 is 1.50 bits per heavy atom. The molecule has 5 heteroatoms. The lowest BCUT2D eigenvalue weighted by Gasteiger charge is -2.19. The highest BCUT2D eigenvalue weighted by Gasteiger charge is 2.14. The number of hydrogen-bond acceptors (Lipinski definition) is 3. The number of aromatic nitrogens is 2. The summed E-state index contributed by atoms with van der Waals surface area (Å²) in [4.78, 5) is 11.7. The van der Waals surface area contributed by atoms with E-state index in [1.54, 1.807) is 0 Å². The number of carbonyl (C=O) groups excluding carboxylic acids is 1. The normalized spacial score (nSPS) is 14.3. The van der Waals surface area contributed by atoms with Crippen LogP contribution in [0.2, 0.25) is 0 Å². The highest BCUT2D eigenvalue weighted by atomic mass is 16.3. The standard InChI is InChI=1S/C13H23N3O2/c1-9(8-17)12(4)14-13(18)5-6-16-11(3)7-10(2)15-16/h7,9,12,17H,5-6,8H2,1-4H3,(H,14,18). The fourth-order valence-electron chi connectivity index (χ4n) is 1.74. The molecule has 0 aliphatic carbocycles. The van der Waals surface area contributed by atoms with Crippen molar-refractivity contribution in [2.75, 3.05) is 6.61 Å². The second kappa shape index (κ2) is 6.54. The largest absolute Gasteiger partial charge is 0.396 e. The van der Waals surface area contributed by atoms with E-state index in [1.807, 2.05) is 38.4 Å². The Labute approximate surface area is 108 Å². The van der Waals surface area contributed by atoms with E-state index >= 15 is 0 Å². The Morgan fingerprint density at radius 2 is 2.17 bits per heavy atom. The van der Waals surface area contributed by atoms with Crippen LogP contribution in [0.3, 0.4) is 0 Å². The summed E-state index contributed by atoms with van der Waals surface area (Å²) in [5.41, 5.74) is 2.03. The molecule has 0 aliphatic heterocycles. The van der Waals surface area contributed by atoms with Crippen molar-refractivity contribution in [2.24, 2.45) is 5.92 Å². The number of amides is 1. The second-order valence-electron chi connectivity index (χ2n) is 4.92. The summed E-state index contributed by atoms with van der Waals surface area (Å²) < 4.78 is 1.84.